The van der Waals surface area contributed by atoms with Crippen LogP contribution in [0, 0.1) is 5.92 Å². The number of aliphatic carboxylic acids is 1. The van der Waals surface area contributed by atoms with Crippen molar-refractivity contribution in [1.29, 1.82) is 0 Å². The molecule has 118 valence electrons. The summed E-state index contributed by atoms with van der Waals surface area (Å²) >= 11 is 0. The van der Waals surface area contributed by atoms with E-state index in [0.717, 1.165) is 12.8 Å². The van der Waals surface area contributed by atoms with Gasteiger partial charge < -0.3 is 15.7 Å². The molecule has 0 aromatic heterocycles. The molecule has 0 aliphatic heterocycles. The molecule has 1 saturated carbocycles. The lowest BCUT2D eigenvalue weighted by atomic mass is 10.2. The maximum Gasteiger partial charge on any atom is 0.303 e. The summed E-state index contributed by atoms with van der Waals surface area (Å²) in [6.45, 7) is 0. The number of carboxylic acid groups (broad SMARTS) is 1. The van der Waals surface area contributed by atoms with Gasteiger partial charge in [-0.2, -0.15) is 0 Å². The maximum atomic E-state index is 11.8. The summed E-state index contributed by atoms with van der Waals surface area (Å²) in [6.07, 6.45) is 3.27. The van der Waals surface area contributed by atoms with Crippen LogP contribution in [-0.4, -0.2) is 22.9 Å². The van der Waals surface area contributed by atoms with Gasteiger partial charge in [0.2, 0.25) is 11.8 Å². The van der Waals surface area contributed by atoms with Crippen molar-refractivity contribution in [2.75, 3.05) is 10.6 Å². The summed E-state index contributed by atoms with van der Waals surface area (Å²) in [5, 5.41) is 14.1. The highest BCUT2D eigenvalue weighted by atomic mass is 16.4. The van der Waals surface area contributed by atoms with E-state index in [1.165, 1.54) is 0 Å². The third-order valence-electron chi connectivity index (χ3n) is 3.41. The topological polar surface area (TPSA) is 95.5 Å². The standard InChI is InChI=1S/C16H20N2O4/c19-14(6-1-2-7-15(20)21)17-12-4-3-5-13(10-12)18-16(22)11-8-9-11/h3-5,10-11H,1-2,6-9H2,(H,17,19)(H,18,22)(H,20,21). The van der Waals surface area contributed by atoms with E-state index < -0.39 is 5.97 Å². The van der Waals surface area contributed by atoms with Crippen LogP contribution in [0.5, 0.6) is 0 Å². The highest BCUT2D eigenvalue weighted by Crippen LogP contribution is 2.30. The molecule has 0 spiro atoms. The first-order valence-electron chi connectivity index (χ1n) is 7.47. The molecular weight excluding hydrogens is 284 g/mol. The lowest BCUT2D eigenvalue weighted by Gasteiger charge is -2.08. The van der Waals surface area contributed by atoms with Crippen molar-refractivity contribution in [2.45, 2.75) is 38.5 Å². The number of nitrogens with one attached hydrogen (secondary N) is 2. The van der Waals surface area contributed by atoms with Crippen molar-refractivity contribution in [3.63, 3.8) is 0 Å². The van der Waals surface area contributed by atoms with Gasteiger partial charge in [-0.1, -0.05) is 6.07 Å². The van der Waals surface area contributed by atoms with E-state index in [2.05, 4.69) is 10.6 Å². The van der Waals surface area contributed by atoms with Crippen LogP contribution >= 0.6 is 0 Å². The summed E-state index contributed by atoms with van der Waals surface area (Å²) < 4.78 is 0. The van der Waals surface area contributed by atoms with Crippen molar-refractivity contribution in [1.82, 2.24) is 0 Å². The predicted molar refractivity (Wildman–Crippen MR) is 82.5 cm³/mol. The molecule has 1 aliphatic carbocycles. The Morgan fingerprint density at radius 3 is 2.32 bits per heavy atom. The zero-order chi connectivity index (χ0) is 15.9. The molecule has 6 nitrogen and oxygen atoms in total. The van der Waals surface area contributed by atoms with Crippen LogP contribution in [0.4, 0.5) is 11.4 Å². The zero-order valence-corrected chi connectivity index (χ0v) is 12.3. The van der Waals surface area contributed by atoms with E-state index in [1.807, 2.05) is 0 Å². The first kappa shape index (κ1) is 16.0. The molecular formula is C16H20N2O4. The number of anilines is 2. The van der Waals surface area contributed by atoms with E-state index in [0.29, 0.717) is 24.2 Å². The van der Waals surface area contributed by atoms with Gasteiger partial charge in [-0.25, -0.2) is 0 Å². The third kappa shape index (κ3) is 5.55. The Kier molecular flexibility index (Phi) is 5.52. The molecule has 1 fully saturated rings. The van der Waals surface area contributed by atoms with Crippen LogP contribution in [0.25, 0.3) is 0 Å². The lowest BCUT2D eigenvalue weighted by Crippen LogP contribution is -2.14. The van der Waals surface area contributed by atoms with Crippen molar-refractivity contribution >= 4 is 29.2 Å². The minimum absolute atomic E-state index is 0.0251. The van der Waals surface area contributed by atoms with Gasteiger partial charge in [-0.05, 0) is 43.9 Å². The molecule has 1 aromatic rings. The van der Waals surface area contributed by atoms with Gasteiger partial charge in [-0.3, -0.25) is 14.4 Å². The normalized spacial score (nSPS) is 13.5. The molecule has 2 rings (SSSR count). The quantitative estimate of drug-likeness (QED) is 0.643. The third-order valence-corrected chi connectivity index (χ3v) is 3.41. The predicted octanol–water partition coefficient (Wildman–Crippen LogP) is 2.62. The number of unbranched alkanes of at least 4 members (excludes halogenated alkanes) is 1. The molecule has 0 heterocycles. The van der Waals surface area contributed by atoms with Gasteiger partial charge in [0, 0.05) is 30.1 Å². The Morgan fingerprint density at radius 2 is 1.68 bits per heavy atom. The van der Waals surface area contributed by atoms with Gasteiger partial charge >= 0.3 is 5.97 Å². The lowest BCUT2D eigenvalue weighted by molar-refractivity contribution is -0.137. The van der Waals surface area contributed by atoms with Gasteiger partial charge in [0.25, 0.3) is 0 Å². The number of hydrogen-bond donors (Lipinski definition) is 3. The van der Waals surface area contributed by atoms with Crippen LogP contribution < -0.4 is 10.6 Å². The average molecular weight is 304 g/mol. The fourth-order valence-electron chi connectivity index (χ4n) is 2.05. The van der Waals surface area contributed by atoms with Crippen molar-refractivity contribution in [3.8, 4) is 0 Å². The Labute approximate surface area is 128 Å². The number of carbonyl (C=O) groups excluding carboxylic acids is 2. The second-order valence-corrected chi connectivity index (χ2v) is 5.49. The highest BCUT2D eigenvalue weighted by molar-refractivity contribution is 5.95. The number of amides is 2. The fraction of sp³-hybridized carbons (Fsp3) is 0.438. The van der Waals surface area contributed by atoms with E-state index >= 15 is 0 Å². The van der Waals surface area contributed by atoms with E-state index in [4.69, 9.17) is 5.11 Å². The van der Waals surface area contributed by atoms with Crippen molar-refractivity contribution in [2.24, 2.45) is 5.92 Å². The minimum Gasteiger partial charge on any atom is -0.481 e. The van der Waals surface area contributed by atoms with Gasteiger partial charge in [0.15, 0.2) is 0 Å². The molecule has 0 unspecified atom stereocenters. The molecule has 0 bridgehead atoms. The Balaban J connectivity index is 1.77. The number of hydrogen-bond acceptors (Lipinski definition) is 3. The number of rotatable bonds is 8. The summed E-state index contributed by atoms with van der Waals surface area (Å²) in [4.78, 5) is 33.8. The Hall–Kier alpha value is -2.37. The summed E-state index contributed by atoms with van der Waals surface area (Å²) in [5.74, 6) is -0.847. The first-order valence-corrected chi connectivity index (χ1v) is 7.47. The summed E-state index contributed by atoms with van der Waals surface area (Å²) in [6, 6.07) is 7.02. The minimum atomic E-state index is -0.848. The van der Waals surface area contributed by atoms with E-state index in [9.17, 15) is 14.4 Å². The van der Waals surface area contributed by atoms with Crippen LogP contribution in [-0.2, 0) is 14.4 Å². The average Bonchev–Trinajstić information content (AvgIpc) is 3.28. The smallest absolute Gasteiger partial charge is 0.303 e. The highest BCUT2D eigenvalue weighted by Gasteiger charge is 2.29. The molecule has 3 N–H and O–H groups in total. The zero-order valence-electron chi connectivity index (χ0n) is 12.3. The van der Waals surface area contributed by atoms with Gasteiger partial charge in [0.1, 0.15) is 0 Å². The SMILES string of the molecule is O=C(O)CCCCC(=O)Nc1cccc(NC(=O)C2CC2)c1. The maximum absolute atomic E-state index is 11.8. The molecule has 2 amide bonds. The largest absolute Gasteiger partial charge is 0.481 e. The van der Waals surface area contributed by atoms with Crippen LogP contribution in [0.2, 0.25) is 0 Å². The number of carbonyl (C=O) groups is 3. The monoisotopic (exact) mass is 304 g/mol. The first-order chi connectivity index (χ1) is 10.5. The van der Waals surface area contributed by atoms with Crippen molar-refractivity contribution < 1.29 is 19.5 Å². The molecule has 1 aliphatic rings. The van der Waals surface area contributed by atoms with E-state index in [1.54, 1.807) is 24.3 Å². The second-order valence-electron chi connectivity index (χ2n) is 5.49. The van der Waals surface area contributed by atoms with Crippen LogP contribution in [0.3, 0.4) is 0 Å². The molecule has 1 aromatic carbocycles. The number of carboxylic acids is 1. The van der Waals surface area contributed by atoms with Gasteiger partial charge in [0.05, 0.1) is 0 Å². The Bertz CT molecular complexity index is 567. The second kappa shape index (κ2) is 7.59. The van der Waals surface area contributed by atoms with Crippen LogP contribution in [0.15, 0.2) is 24.3 Å². The summed E-state index contributed by atoms with van der Waals surface area (Å²) in [5.41, 5.74) is 1.29. The molecule has 0 saturated heterocycles. The molecule has 0 radical (unpaired) electrons. The molecule has 6 heteroatoms. The van der Waals surface area contributed by atoms with Crippen molar-refractivity contribution in [3.05, 3.63) is 24.3 Å². The number of benzene rings is 1. The van der Waals surface area contributed by atoms with E-state index in [-0.39, 0.29) is 30.6 Å². The summed E-state index contributed by atoms with van der Waals surface area (Å²) in [7, 11) is 0. The fourth-order valence-corrected chi connectivity index (χ4v) is 2.05. The molecule has 0 atom stereocenters. The van der Waals surface area contributed by atoms with Crippen LogP contribution in [0.1, 0.15) is 38.5 Å². The van der Waals surface area contributed by atoms with Gasteiger partial charge in [-0.15, -0.1) is 0 Å². The molecule has 22 heavy (non-hydrogen) atoms. The Morgan fingerprint density at radius 1 is 1.05 bits per heavy atom.